The molecule has 0 unspecified atom stereocenters. The van der Waals surface area contributed by atoms with Crippen LogP contribution in [0, 0.1) is 0 Å². The van der Waals surface area contributed by atoms with Crippen molar-refractivity contribution in [1.29, 1.82) is 0 Å². The Hall–Kier alpha value is -2.71. The molecule has 2 aromatic rings. The molecule has 2 aliphatic heterocycles. The van der Waals surface area contributed by atoms with Crippen LogP contribution in [0.5, 0.6) is 0 Å². The van der Waals surface area contributed by atoms with Gasteiger partial charge < -0.3 is 9.80 Å². The number of thiocarbonyl (C=S) groups is 1. The van der Waals surface area contributed by atoms with E-state index in [0.717, 1.165) is 23.5 Å². The zero-order valence-corrected chi connectivity index (χ0v) is 18.4. The van der Waals surface area contributed by atoms with Gasteiger partial charge in [0.1, 0.15) is 14.9 Å². The molecule has 1 saturated heterocycles. The minimum absolute atomic E-state index is 0.0841. The SMILES string of the molecule is CCN1/C(=c2/s/c(=C3\C(=O)N(C)C(=S)N3C)n(CC)c2=O)C=Cc2ccccc21. The summed E-state index contributed by atoms with van der Waals surface area (Å²) in [6.07, 6.45) is 4.03. The lowest BCUT2D eigenvalue weighted by Crippen LogP contribution is -2.37. The summed E-state index contributed by atoms with van der Waals surface area (Å²) in [5.41, 5.74) is 3.43. The van der Waals surface area contributed by atoms with Crippen LogP contribution < -0.4 is 19.7 Å². The van der Waals surface area contributed by atoms with Crippen LogP contribution in [0.4, 0.5) is 5.69 Å². The normalized spacial score (nSPS) is 20.1. The summed E-state index contributed by atoms with van der Waals surface area (Å²) in [7, 11) is 3.43. The Kier molecular flexibility index (Phi) is 4.92. The summed E-state index contributed by atoms with van der Waals surface area (Å²) in [6.45, 7) is 5.19. The van der Waals surface area contributed by atoms with Gasteiger partial charge in [-0.05, 0) is 43.8 Å². The van der Waals surface area contributed by atoms with E-state index < -0.39 is 0 Å². The summed E-state index contributed by atoms with van der Waals surface area (Å²) < 4.78 is 2.94. The maximum Gasteiger partial charge on any atom is 0.279 e. The molecule has 0 radical (unpaired) electrons. The van der Waals surface area contributed by atoms with Crippen molar-refractivity contribution in [3.63, 3.8) is 0 Å². The molecule has 1 aromatic carbocycles. The summed E-state index contributed by atoms with van der Waals surface area (Å²) in [5, 5.41) is 0.435. The Morgan fingerprint density at radius 2 is 1.72 bits per heavy atom. The number of carbonyl (C=O) groups excluding carboxylic acids is 1. The Labute approximate surface area is 178 Å². The average Bonchev–Trinajstić information content (AvgIpc) is 3.15. The van der Waals surface area contributed by atoms with E-state index in [-0.39, 0.29) is 11.5 Å². The van der Waals surface area contributed by atoms with Crippen molar-refractivity contribution in [1.82, 2.24) is 14.4 Å². The molecule has 0 bridgehead atoms. The molecular formula is C21H22N4O2S2. The van der Waals surface area contributed by atoms with Gasteiger partial charge in [0.05, 0.1) is 5.70 Å². The molecule has 1 aromatic heterocycles. The summed E-state index contributed by atoms with van der Waals surface area (Å²) in [5.74, 6) is -0.186. The number of aromatic nitrogens is 1. The number of nitrogens with zero attached hydrogens (tertiary/aromatic N) is 4. The average molecular weight is 427 g/mol. The van der Waals surface area contributed by atoms with Crippen LogP contribution in [0.2, 0.25) is 0 Å². The van der Waals surface area contributed by atoms with E-state index in [1.807, 2.05) is 31.2 Å². The second kappa shape index (κ2) is 7.27. The van der Waals surface area contributed by atoms with Crippen LogP contribution in [0.15, 0.2) is 35.1 Å². The first-order valence-electron chi connectivity index (χ1n) is 9.49. The largest absolute Gasteiger partial charge is 0.340 e. The monoisotopic (exact) mass is 426 g/mol. The Bertz CT molecular complexity index is 1240. The number of fused-ring (bicyclic) bond motifs is 1. The Balaban J connectivity index is 2.07. The molecule has 4 rings (SSSR count). The Morgan fingerprint density at radius 1 is 1.00 bits per heavy atom. The molecule has 8 heteroatoms. The topological polar surface area (TPSA) is 48.8 Å². The molecule has 150 valence electrons. The molecule has 2 aliphatic rings. The molecule has 29 heavy (non-hydrogen) atoms. The fraction of sp³-hybridized carbons (Fsp3) is 0.286. The van der Waals surface area contributed by atoms with Crippen molar-refractivity contribution >= 4 is 57.7 Å². The van der Waals surface area contributed by atoms with Crippen molar-refractivity contribution in [2.45, 2.75) is 20.4 Å². The summed E-state index contributed by atoms with van der Waals surface area (Å²) in [4.78, 5) is 31.4. The van der Waals surface area contributed by atoms with E-state index in [4.69, 9.17) is 12.2 Å². The highest BCUT2D eigenvalue weighted by molar-refractivity contribution is 7.80. The van der Waals surface area contributed by atoms with Crippen LogP contribution in [0.3, 0.4) is 0 Å². The van der Waals surface area contributed by atoms with Gasteiger partial charge in [-0.25, -0.2) is 0 Å². The summed E-state index contributed by atoms with van der Waals surface area (Å²) >= 11 is 6.70. The lowest BCUT2D eigenvalue weighted by Gasteiger charge is -2.28. The number of likely N-dealkylation sites (N-methyl/N-ethyl adjacent to an activating group) is 3. The number of rotatable bonds is 2. The predicted molar refractivity (Wildman–Crippen MR) is 122 cm³/mol. The number of hydrogen-bond acceptors (Lipinski definition) is 5. The first kappa shape index (κ1) is 19.6. The van der Waals surface area contributed by atoms with E-state index >= 15 is 0 Å². The number of anilines is 1. The molecule has 3 heterocycles. The van der Waals surface area contributed by atoms with Gasteiger partial charge in [-0.15, -0.1) is 11.3 Å². The molecule has 0 atom stereocenters. The van der Waals surface area contributed by atoms with Gasteiger partial charge in [-0.2, -0.15) is 0 Å². The number of benzene rings is 1. The molecule has 6 nitrogen and oxygen atoms in total. The number of amides is 1. The van der Waals surface area contributed by atoms with Crippen molar-refractivity contribution < 1.29 is 4.79 Å². The van der Waals surface area contributed by atoms with E-state index in [0.29, 0.717) is 26.5 Å². The first-order chi connectivity index (χ1) is 13.9. The van der Waals surface area contributed by atoms with E-state index in [1.165, 1.54) is 16.2 Å². The zero-order chi connectivity index (χ0) is 20.9. The third-order valence-electron chi connectivity index (χ3n) is 5.31. The van der Waals surface area contributed by atoms with Gasteiger partial charge in [-0.1, -0.05) is 24.3 Å². The number of carbonyl (C=O) groups is 1. The van der Waals surface area contributed by atoms with Crippen molar-refractivity contribution in [2.24, 2.45) is 0 Å². The Morgan fingerprint density at radius 3 is 2.34 bits per heavy atom. The highest BCUT2D eigenvalue weighted by Crippen LogP contribution is 2.30. The van der Waals surface area contributed by atoms with Crippen molar-refractivity contribution in [3.05, 3.63) is 55.5 Å². The van der Waals surface area contributed by atoms with Crippen LogP contribution >= 0.6 is 23.6 Å². The van der Waals surface area contributed by atoms with Gasteiger partial charge in [0.15, 0.2) is 5.11 Å². The molecular weight excluding hydrogens is 404 g/mol. The van der Waals surface area contributed by atoms with E-state index in [2.05, 4.69) is 24.0 Å². The van der Waals surface area contributed by atoms with E-state index in [9.17, 15) is 9.59 Å². The molecule has 0 N–H and O–H groups in total. The number of para-hydroxylation sites is 1. The van der Waals surface area contributed by atoms with Crippen LogP contribution in [-0.2, 0) is 11.3 Å². The molecule has 1 fully saturated rings. The maximum atomic E-state index is 13.3. The minimum atomic E-state index is -0.186. The quantitative estimate of drug-likeness (QED) is 0.680. The van der Waals surface area contributed by atoms with Crippen molar-refractivity contribution in [2.75, 3.05) is 25.5 Å². The van der Waals surface area contributed by atoms with Crippen LogP contribution in [-0.4, -0.2) is 46.0 Å². The number of hydrogen-bond donors (Lipinski definition) is 0. The van der Waals surface area contributed by atoms with Gasteiger partial charge in [0, 0.05) is 32.9 Å². The fourth-order valence-electron chi connectivity index (χ4n) is 3.78. The molecule has 0 saturated carbocycles. The van der Waals surface area contributed by atoms with Gasteiger partial charge in [-0.3, -0.25) is 19.1 Å². The molecule has 0 aliphatic carbocycles. The zero-order valence-electron chi connectivity index (χ0n) is 16.8. The first-order valence-corrected chi connectivity index (χ1v) is 10.7. The van der Waals surface area contributed by atoms with Gasteiger partial charge in [0.2, 0.25) is 0 Å². The predicted octanol–water partition coefficient (Wildman–Crippen LogP) is 1.39. The highest BCUT2D eigenvalue weighted by Gasteiger charge is 2.35. The maximum absolute atomic E-state index is 13.3. The summed E-state index contributed by atoms with van der Waals surface area (Å²) in [6, 6.07) is 8.13. The van der Waals surface area contributed by atoms with E-state index in [1.54, 1.807) is 23.6 Å². The smallest absolute Gasteiger partial charge is 0.279 e. The third kappa shape index (κ3) is 2.86. The van der Waals surface area contributed by atoms with Gasteiger partial charge >= 0.3 is 0 Å². The molecule has 1 amide bonds. The second-order valence-corrected chi connectivity index (χ2v) is 8.23. The van der Waals surface area contributed by atoms with Gasteiger partial charge in [0.25, 0.3) is 11.5 Å². The lowest BCUT2D eigenvalue weighted by atomic mass is 10.1. The third-order valence-corrected chi connectivity index (χ3v) is 7.05. The second-order valence-electron chi connectivity index (χ2n) is 6.86. The highest BCUT2D eigenvalue weighted by atomic mass is 32.1. The lowest BCUT2D eigenvalue weighted by molar-refractivity contribution is -0.120. The van der Waals surface area contributed by atoms with Crippen LogP contribution in [0.25, 0.3) is 17.5 Å². The minimum Gasteiger partial charge on any atom is -0.340 e. The van der Waals surface area contributed by atoms with Crippen LogP contribution in [0.1, 0.15) is 19.4 Å². The molecule has 0 spiro atoms. The number of thiazole rings is 1. The standard InChI is InChI=1S/C21H22N4O2S2/c1-5-24-14-10-8-7-9-13(14)11-12-15(24)17-19(27)25(6-2)20(29-17)16-18(26)23(4)21(28)22(16)3/h7-12H,5-6H2,1-4H3/b17-15+,20-16+. The fourth-order valence-corrected chi connectivity index (χ4v) is 5.27. The van der Waals surface area contributed by atoms with Crippen molar-refractivity contribution in [3.8, 4) is 0 Å².